The highest BCUT2D eigenvalue weighted by atomic mass is 32.1. The predicted molar refractivity (Wildman–Crippen MR) is 82.4 cm³/mol. The summed E-state index contributed by atoms with van der Waals surface area (Å²) in [4.78, 5) is 10.1. The number of benzene rings is 1. The normalized spacial score (nSPS) is 12.7. The summed E-state index contributed by atoms with van der Waals surface area (Å²) >= 11 is 1.62. The number of thiazole rings is 1. The van der Waals surface area contributed by atoms with E-state index in [4.69, 9.17) is 10.8 Å². The van der Waals surface area contributed by atoms with Crippen LogP contribution in [0.15, 0.2) is 41.9 Å². The molecule has 0 aliphatic heterocycles. The van der Waals surface area contributed by atoms with Gasteiger partial charge in [0, 0.05) is 22.4 Å². The highest BCUT2D eigenvalue weighted by molar-refractivity contribution is 7.09. The maximum Gasteiger partial charge on any atom is 0.0798 e. The Labute approximate surface area is 121 Å². The molecule has 0 aliphatic rings. The summed E-state index contributed by atoms with van der Waals surface area (Å²) in [7, 11) is 0. The van der Waals surface area contributed by atoms with E-state index in [-0.39, 0.29) is 6.04 Å². The van der Waals surface area contributed by atoms with Crippen LogP contribution in [0.1, 0.15) is 22.3 Å². The molecule has 20 heavy (non-hydrogen) atoms. The van der Waals surface area contributed by atoms with E-state index < -0.39 is 0 Å². The Balaban J connectivity index is 1.89. The third kappa shape index (κ3) is 2.56. The maximum absolute atomic E-state index is 5.69. The van der Waals surface area contributed by atoms with Crippen molar-refractivity contribution in [1.82, 2.24) is 15.4 Å². The number of fused-ring (bicyclic) bond motifs is 1. The first-order valence-corrected chi connectivity index (χ1v) is 7.36. The van der Waals surface area contributed by atoms with Gasteiger partial charge < -0.3 is 0 Å². The lowest BCUT2D eigenvalue weighted by atomic mass is 10.1. The fourth-order valence-corrected chi connectivity index (χ4v) is 3.17. The second-order valence-corrected chi connectivity index (χ2v) is 5.61. The van der Waals surface area contributed by atoms with Crippen LogP contribution in [-0.4, -0.2) is 9.97 Å². The van der Waals surface area contributed by atoms with E-state index in [1.807, 2.05) is 30.6 Å². The van der Waals surface area contributed by atoms with Crippen molar-refractivity contribution < 1.29 is 0 Å². The van der Waals surface area contributed by atoms with Gasteiger partial charge in [0.15, 0.2) is 0 Å². The zero-order valence-corrected chi connectivity index (χ0v) is 12.0. The lowest BCUT2D eigenvalue weighted by Gasteiger charge is -2.14. The summed E-state index contributed by atoms with van der Waals surface area (Å²) in [6, 6.07) is 12.3. The molecule has 2 heterocycles. The van der Waals surface area contributed by atoms with Gasteiger partial charge in [-0.2, -0.15) is 0 Å². The highest BCUT2D eigenvalue weighted by Crippen LogP contribution is 2.24. The van der Waals surface area contributed by atoms with Gasteiger partial charge in [-0.3, -0.25) is 16.3 Å². The number of aryl methyl sites for hydroxylation is 1. The molecule has 3 rings (SSSR count). The molecule has 5 heteroatoms. The molecule has 0 radical (unpaired) electrons. The van der Waals surface area contributed by atoms with Crippen LogP contribution in [0.5, 0.6) is 0 Å². The topological polar surface area (TPSA) is 63.8 Å². The number of pyridine rings is 1. The molecular formula is C15H16N4S. The van der Waals surface area contributed by atoms with Crippen molar-refractivity contribution in [3.63, 3.8) is 0 Å². The third-order valence-corrected chi connectivity index (χ3v) is 4.41. The number of hydrogen-bond donors (Lipinski definition) is 2. The molecule has 0 aliphatic carbocycles. The van der Waals surface area contributed by atoms with Crippen LogP contribution in [0.2, 0.25) is 0 Å². The smallest absolute Gasteiger partial charge is 0.0798 e. The quantitative estimate of drug-likeness (QED) is 0.571. The van der Waals surface area contributed by atoms with Gasteiger partial charge >= 0.3 is 0 Å². The first kappa shape index (κ1) is 13.2. The van der Waals surface area contributed by atoms with Crippen LogP contribution in [0.3, 0.4) is 0 Å². The standard InChI is InChI=1S/C15H16N4S/c1-10-15(20-9-17-10)14(19-16)8-12-7-6-11-4-2-3-5-13(11)18-12/h2-7,9,14,19H,8,16H2,1H3. The minimum atomic E-state index is 0.0520. The van der Waals surface area contributed by atoms with E-state index in [1.54, 1.807) is 11.3 Å². The third-order valence-electron chi connectivity index (χ3n) is 3.37. The van der Waals surface area contributed by atoms with Crippen LogP contribution < -0.4 is 11.3 Å². The molecule has 0 fully saturated rings. The molecule has 3 N–H and O–H groups in total. The Morgan fingerprint density at radius 3 is 2.85 bits per heavy atom. The van der Waals surface area contributed by atoms with Crippen LogP contribution in [0, 0.1) is 6.92 Å². The molecule has 4 nitrogen and oxygen atoms in total. The summed E-state index contributed by atoms with van der Waals surface area (Å²) in [6.45, 7) is 2.00. The van der Waals surface area contributed by atoms with Crippen molar-refractivity contribution in [3.05, 3.63) is 58.2 Å². The van der Waals surface area contributed by atoms with Gasteiger partial charge in [-0.1, -0.05) is 24.3 Å². The molecule has 2 aromatic heterocycles. The second kappa shape index (κ2) is 5.66. The lowest BCUT2D eigenvalue weighted by molar-refractivity contribution is 0.552. The van der Waals surface area contributed by atoms with Crippen molar-refractivity contribution in [1.29, 1.82) is 0 Å². The molecule has 1 atom stereocenters. The molecule has 0 amide bonds. The molecule has 102 valence electrons. The van der Waals surface area contributed by atoms with Crippen molar-refractivity contribution in [3.8, 4) is 0 Å². The van der Waals surface area contributed by atoms with E-state index in [0.29, 0.717) is 0 Å². The van der Waals surface area contributed by atoms with Gasteiger partial charge in [-0.05, 0) is 19.1 Å². The van der Waals surface area contributed by atoms with E-state index in [2.05, 4.69) is 28.6 Å². The molecule has 1 aromatic carbocycles. The van der Waals surface area contributed by atoms with Gasteiger partial charge in [-0.15, -0.1) is 11.3 Å². The zero-order chi connectivity index (χ0) is 13.9. The average molecular weight is 284 g/mol. The Morgan fingerprint density at radius 2 is 2.10 bits per heavy atom. The van der Waals surface area contributed by atoms with Crippen LogP contribution in [0.4, 0.5) is 0 Å². The van der Waals surface area contributed by atoms with E-state index in [9.17, 15) is 0 Å². The molecule has 0 bridgehead atoms. The molecule has 0 saturated heterocycles. The fraction of sp³-hybridized carbons (Fsp3) is 0.200. The minimum absolute atomic E-state index is 0.0520. The SMILES string of the molecule is Cc1ncsc1C(Cc1ccc2ccccc2n1)NN. The summed E-state index contributed by atoms with van der Waals surface area (Å²) in [6.07, 6.45) is 0.754. The Hall–Kier alpha value is -1.82. The number of aromatic nitrogens is 2. The highest BCUT2D eigenvalue weighted by Gasteiger charge is 2.16. The second-order valence-electron chi connectivity index (χ2n) is 4.72. The average Bonchev–Trinajstić information content (AvgIpc) is 2.91. The number of para-hydroxylation sites is 1. The fourth-order valence-electron chi connectivity index (χ4n) is 2.30. The first-order valence-electron chi connectivity index (χ1n) is 6.48. The van der Waals surface area contributed by atoms with Gasteiger partial charge in [-0.25, -0.2) is 4.98 Å². The first-order chi connectivity index (χ1) is 9.78. The lowest BCUT2D eigenvalue weighted by Crippen LogP contribution is -2.29. The maximum atomic E-state index is 5.69. The van der Waals surface area contributed by atoms with Gasteiger partial charge in [0.25, 0.3) is 0 Å². The molecule has 0 spiro atoms. The van der Waals surface area contributed by atoms with Crippen molar-refractivity contribution in [2.24, 2.45) is 5.84 Å². The number of nitrogens with zero attached hydrogens (tertiary/aromatic N) is 2. The van der Waals surface area contributed by atoms with E-state index in [1.165, 1.54) is 4.88 Å². The summed E-state index contributed by atoms with van der Waals surface area (Å²) in [5, 5.41) is 1.16. The van der Waals surface area contributed by atoms with Crippen LogP contribution >= 0.6 is 11.3 Å². The summed E-state index contributed by atoms with van der Waals surface area (Å²) in [5.41, 5.74) is 7.79. The number of rotatable bonds is 4. The molecule has 0 saturated carbocycles. The van der Waals surface area contributed by atoms with Crippen LogP contribution in [0.25, 0.3) is 10.9 Å². The largest absolute Gasteiger partial charge is 0.271 e. The number of hydrogen-bond acceptors (Lipinski definition) is 5. The zero-order valence-electron chi connectivity index (χ0n) is 11.2. The van der Waals surface area contributed by atoms with E-state index in [0.717, 1.165) is 28.7 Å². The number of nitrogens with one attached hydrogen (secondary N) is 1. The van der Waals surface area contributed by atoms with E-state index >= 15 is 0 Å². The minimum Gasteiger partial charge on any atom is -0.271 e. The van der Waals surface area contributed by atoms with Gasteiger partial charge in [0.05, 0.1) is 22.8 Å². The van der Waals surface area contributed by atoms with Crippen molar-refractivity contribution in [2.75, 3.05) is 0 Å². The monoisotopic (exact) mass is 284 g/mol. The van der Waals surface area contributed by atoms with Gasteiger partial charge in [0.1, 0.15) is 0 Å². The molecular weight excluding hydrogens is 268 g/mol. The molecule has 3 aromatic rings. The predicted octanol–water partition coefficient (Wildman–Crippen LogP) is 2.75. The molecule has 1 unspecified atom stereocenters. The Morgan fingerprint density at radius 1 is 1.25 bits per heavy atom. The van der Waals surface area contributed by atoms with Crippen molar-refractivity contribution in [2.45, 2.75) is 19.4 Å². The summed E-state index contributed by atoms with van der Waals surface area (Å²) in [5.74, 6) is 5.69. The Kier molecular flexibility index (Phi) is 3.73. The number of hydrazine groups is 1. The van der Waals surface area contributed by atoms with Gasteiger partial charge in [0.2, 0.25) is 0 Å². The van der Waals surface area contributed by atoms with Crippen molar-refractivity contribution >= 4 is 22.2 Å². The Bertz CT molecular complexity index is 722. The number of nitrogens with two attached hydrogens (primary N) is 1. The summed E-state index contributed by atoms with van der Waals surface area (Å²) < 4.78 is 0. The van der Waals surface area contributed by atoms with Crippen LogP contribution in [-0.2, 0) is 6.42 Å².